The number of amides is 1. The maximum Gasteiger partial charge on any atom is 0.407 e. The standard InChI is InChI=1S/C21H24ClN3O3/c1-28-15-4-5-19-17(13-15)16(18(22)14-24-19)3-2-6-21(7-10-23)8-11-25(12-9-21)20(26)27/h4-5,13-14H,2-3,6-9,11-12H2,1H3,(H,26,27). The molecule has 2 heterocycles. The number of hydrogen-bond acceptors (Lipinski definition) is 4. The van der Waals surface area contributed by atoms with E-state index in [-0.39, 0.29) is 5.41 Å². The number of piperidine rings is 1. The van der Waals surface area contributed by atoms with E-state index >= 15 is 0 Å². The largest absolute Gasteiger partial charge is 0.497 e. The number of pyridine rings is 1. The van der Waals surface area contributed by atoms with Crippen LogP contribution in [0, 0.1) is 16.7 Å². The van der Waals surface area contributed by atoms with Crippen molar-refractivity contribution in [2.24, 2.45) is 5.41 Å². The van der Waals surface area contributed by atoms with E-state index in [9.17, 15) is 10.1 Å². The van der Waals surface area contributed by atoms with Crippen LogP contribution in [0.5, 0.6) is 5.75 Å². The number of aryl methyl sites for hydroxylation is 1. The highest BCUT2D eigenvalue weighted by Crippen LogP contribution is 2.40. The molecule has 6 nitrogen and oxygen atoms in total. The summed E-state index contributed by atoms with van der Waals surface area (Å²) in [5.74, 6) is 0.764. The Morgan fingerprint density at radius 3 is 2.82 bits per heavy atom. The smallest absolute Gasteiger partial charge is 0.407 e. The Balaban J connectivity index is 1.74. The SMILES string of the molecule is COc1ccc2ncc(Cl)c(CCCC3(CC#N)CCN(C(=O)O)CC3)c2c1. The quantitative estimate of drug-likeness (QED) is 0.744. The first-order valence-corrected chi connectivity index (χ1v) is 9.82. The predicted molar refractivity (Wildman–Crippen MR) is 108 cm³/mol. The first-order chi connectivity index (χ1) is 13.5. The second-order valence-electron chi connectivity index (χ2n) is 7.43. The lowest BCUT2D eigenvalue weighted by Crippen LogP contribution is -2.42. The van der Waals surface area contributed by atoms with Gasteiger partial charge in [0, 0.05) is 31.1 Å². The molecule has 28 heavy (non-hydrogen) atoms. The zero-order chi connectivity index (χ0) is 20.1. The molecule has 1 saturated heterocycles. The summed E-state index contributed by atoms with van der Waals surface area (Å²) in [6, 6.07) is 8.07. The van der Waals surface area contributed by atoms with Gasteiger partial charge in [-0.2, -0.15) is 5.26 Å². The van der Waals surface area contributed by atoms with Gasteiger partial charge in [0.05, 0.1) is 23.7 Å². The maximum absolute atomic E-state index is 11.2. The monoisotopic (exact) mass is 401 g/mol. The van der Waals surface area contributed by atoms with Crippen LogP contribution in [0.4, 0.5) is 4.79 Å². The van der Waals surface area contributed by atoms with Gasteiger partial charge in [-0.3, -0.25) is 4.98 Å². The molecule has 0 atom stereocenters. The number of fused-ring (bicyclic) bond motifs is 1. The van der Waals surface area contributed by atoms with Gasteiger partial charge >= 0.3 is 6.09 Å². The second-order valence-corrected chi connectivity index (χ2v) is 7.83. The van der Waals surface area contributed by atoms with Crippen LogP contribution in [0.15, 0.2) is 24.4 Å². The molecule has 3 rings (SSSR count). The molecule has 0 aliphatic carbocycles. The molecular weight excluding hydrogens is 378 g/mol. The molecule has 1 fully saturated rings. The van der Waals surface area contributed by atoms with Crippen LogP contribution in [0.25, 0.3) is 10.9 Å². The van der Waals surface area contributed by atoms with Crippen LogP contribution in [-0.2, 0) is 6.42 Å². The average molecular weight is 402 g/mol. The molecule has 0 saturated carbocycles. The second kappa shape index (κ2) is 8.66. The summed E-state index contributed by atoms with van der Waals surface area (Å²) in [6.07, 6.45) is 5.25. The third-order valence-electron chi connectivity index (χ3n) is 5.82. The number of carboxylic acid groups (broad SMARTS) is 1. The number of hydrogen-bond donors (Lipinski definition) is 1. The number of carbonyl (C=O) groups is 1. The Morgan fingerprint density at radius 1 is 1.43 bits per heavy atom. The van der Waals surface area contributed by atoms with E-state index in [1.807, 2.05) is 18.2 Å². The molecular formula is C21H24ClN3O3. The molecule has 0 unspecified atom stereocenters. The number of ether oxygens (including phenoxy) is 1. The van der Waals surface area contributed by atoms with Crippen molar-refractivity contribution in [3.05, 3.63) is 35.0 Å². The number of benzene rings is 1. The van der Waals surface area contributed by atoms with Crippen LogP contribution in [0.1, 0.15) is 37.7 Å². The lowest BCUT2D eigenvalue weighted by molar-refractivity contribution is 0.0849. The highest BCUT2D eigenvalue weighted by molar-refractivity contribution is 6.32. The first kappa shape index (κ1) is 20.2. The molecule has 1 aliphatic rings. The Bertz CT molecular complexity index is 902. The molecule has 7 heteroatoms. The molecule has 1 aromatic carbocycles. The van der Waals surface area contributed by atoms with Crippen molar-refractivity contribution in [1.82, 2.24) is 9.88 Å². The topological polar surface area (TPSA) is 86.5 Å². The lowest BCUT2D eigenvalue weighted by atomic mass is 9.72. The Hall–Kier alpha value is -2.52. The minimum absolute atomic E-state index is 0.117. The normalized spacial score (nSPS) is 16.0. The number of nitriles is 1. The van der Waals surface area contributed by atoms with E-state index in [0.29, 0.717) is 24.5 Å². The van der Waals surface area contributed by atoms with Crippen molar-refractivity contribution in [3.63, 3.8) is 0 Å². The van der Waals surface area contributed by atoms with Gasteiger partial charge < -0.3 is 14.7 Å². The number of aromatic nitrogens is 1. The molecule has 1 aliphatic heterocycles. The van der Waals surface area contributed by atoms with Crippen LogP contribution < -0.4 is 4.74 Å². The Labute approximate surface area is 169 Å². The van der Waals surface area contributed by atoms with Gasteiger partial charge in [0.25, 0.3) is 0 Å². The molecule has 1 amide bonds. The Morgan fingerprint density at radius 2 is 2.18 bits per heavy atom. The molecule has 2 aromatic rings. The molecule has 0 radical (unpaired) electrons. The fourth-order valence-corrected chi connectivity index (χ4v) is 4.32. The number of methoxy groups -OCH3 is 1. The van der Waals surface area contributed by atoms with Gasteiger partial charge in [-0.25, -0.2) is 4.79 Å². The molecule has 0 bridgehead atoms. The van der Waals surface area contributed by atoms with E-state index in [0.717, 1.165) is 54.3 Å². The summed E-state index contributed by atoms with van der Waals surface area (Å²) in [4.78, 5) is 17.0. The highest BCUT2D eigenvalue weighted by atomic mass is 35.5. The van der Waals surface area contributed by atoms with Crippen LogP contribution >= 0.6 is 11.6 Å². The van der Waals surface area contributed by atoms with Gasteiger partial charge in [-0.15, -0.1) is 0 Å². The molecule has 148 valence electrons. The zero-order valence-electron chi connectivity index (χ0n) is 15.9. The number of nitrogens with zero attached hydrogens (tertiary/aromatic N) is 3. The van der Waals surface area contributed by atoms with Gasteiger partial charge in [0.2, 0.25) is 0 Å². The van der Waals surface area contributed by atoms with Gasteiger partial charge in [0.1, 0.15) is 5.75 Å². The third kappa shape index (κ3) is 4.31. The molecule has 0 spiro atoms. The van der Waals surface area contributed by atoms with E-state index in [1.54, 1.807) is 13.3 Å². The minimum atomic E-state index is -0.880. The van der Waals surface area contributed by atoms with Crippen molar-refractivity contribution in [1.29, 1.82) is 5.26 Å². The van der Waals surface area contributed by atoms with Crippen LogP contribution in [-0.4, -0.2) is 41.3 Å². The van der Waals surface area contributed by atoms with E-state index < -0.39 is 6.09 Å². The average Bonchev–Trinajstić information content (AvgIpc) is 2.70. The third-order valence-corrected chi connectivity index (χ3v) is 6.14. The van der Waals surface area contributed by atoms with Crippen molar-refractivity contribution >= 4 is 28.6 Å². The van der Waals surface area contributed by atoms with Crippen molar-refractivity contribution in [2.45, 2.75) is 38.5 Å². The molecule has 1 aromatic heterocycles. The molecule has 1 N–H and O–H groups in total. The fourth-order valence-electron chi connectivity index (χ4n) is 4.08. The lowest BCUT2D eigenvalue weighted by Gasteiger charge is -2.39. The predicted octanol–water partition coefficient (Wildman–Crippen LogP) is 4.89. The summed E-state index contributed by atoms with van der Waals surface area (Å²) >= 11 is 6.44. The maximum atomic E-state index is 11.2. The number of likely N-dealkylation sites (tertiary alicyclic amines) is 1. The van der Waals surface area contributed by atoms with E-state index in [4.69, 9.17) is 21.4 Å². The zero-order valence-corrected chi connectivity index (χ0v) is 16.7. The summed E-state index contributed by atoms with van der Waals surface area (Å²) in [6.45, 7) is 0.986. The summed E-state index contributed by atoms with van der Waals surface area (Å²) in [5, 5.41) is 20.1. The number of rotatable bonds is 6. The van der Waals surface area contributed by atoms with E-state index in [1.165, 1.54) is 4.90 Å². The Kier molecular flexibility index (Phi) is 6.25. The van der Waals surface area contributed by atoms with E-state index in [2.05, 4.69) is 11.1 Å². The van der Waals surface area contributed by atoms with Crippen molar-refractivity contribution < 1.29 is 14.6 Å². The highest BCUT2D eigenvalue weighted by Gasteiger charge is 2.35. The van der Waals surface area contributed by atoms with Gasteiger partial charge in [-0.1, -0.05) is 11.6 Å². The van der Waals surface area contributed by atoms with Crippen LogP contribution in [0.3, 0.4) is 0 Å². The minimum Gasteiger partial charge on any atom is -0.497 e. The summed E-state index contributed by atoms with van der Waals surface area (Å²) in [7, 11) is 1.63. The van der Waals surface area contributed by atoms with Gasteiger partial charge in [0.15, 0.2) is 0 Å². The summed E-state index contributed by atoms with van der Waals surface area (Å²) < 4.78 is 5.33. The first-order valence-electron chi connectivity index (χ1n) is 9.44. The van der Waals surface area contributed by atoms with Gasteiger partial charge in [-0.05, 0) is 61.3 Å². The fraction of sp³-hybridized carbons (Fsp3) is 0.476. The van der Waals surface area contributed by atoms with Crippen LogP contribution in [0.2, 0.25) is 5.02 Å². The number of halogens is 1. The van der Waals surface area contributed by atoms with Crippen molar-refractivity contribution in [2.75, 3.05) is 20.2 Å². The van der Waals surface area contributed by atoms with Crippen molar-refractivity contribution in [3.8, 4) is 11.8 Å². The summed E-state index contributed by atoms with van der Waals surface area (Å²) in [5.41, 5.74) is 1.80.